The first-order valence-electron chi connectivity index (χ1n) is 3.81. The lowest BCUT2D eigenvalue weighted by Crippen LogP contribution is -1.74. The Balaban J connectivity index is 2.40. The van der Waals surface area contributed by atoms with Crippen LogP contribution < -0.4 is 0 Å². The Hall–Kier alpha value is -1.01. The highest BCUT2D eigenvalue weighted by molar-refractivity contribution is 7.73. The fraction of sp³-hybridized carbons (Fsp3) is 0.286. The van der Waals surface area contributed by atoms with Gasteiger partial charge in [-0.25, -0.2) is 0 Å². The van der Waals surface area contributed by atoms with E-state index in [1.54, 1.807) is 0 Å². The molecule has 2 heterocycles. The summed E-state index contributed by atoms with van der Waals surface area (Å²) in [6, 6.07) is 1.88. The van der Waals surface area contributed by atoms with E-state index >= 15 is 0 Å². The highest BCUT2D eigenvalue weighted by Crippen LogP contribution is 2.21. The second-order valence-electron chi connectivity index (χ2n) is 2.45. The van der Waals surface area contributed by atoms with Crippen LogP contribution in [0, 0.1) is 3.95 Å². The minimum absolute atomic E-state index is 0.649. The molecule has 2 aromatic heterocycles. The topological polar surface area (TPSA) is 54.7 Å². The Morgan fingerprint density at radius 3 is 3.08 bits per heavy atom. The highest BCUT2D eigenvalue weighted by Gasteiger charge is 2.07. The van der Waals surface area contributed by atoms with Crippen molar-refractivity contribution in [2.45, 2.75) is 13.3 Å². The molecule has 2 aromatic rings. The standard InChI is InChI=1S/C7H7N3OS2/c1-2-4-3-5(10-11-4)6-8-9-7(12)13-6/h3H,2H2,1H3,(H,9,12). The van der Waals surface area contributed by atoms with Gasteiger partial charge in [-0.2, -0.15) is 5.10 Å². The third kappa shape index (κ3) is 1.68. The number of hydrogen-bond donors (Lipinski definition) is 1. The van der Waals surface area contributed by atoms with Crippen LogP contribution in [0.1, 0.15) is 12.7 Å². The first kappa shape index (κ1) is 8.58. The number of aromatic amines is 1. The third-order valence-corrected chi connectivity index (χ3v) is 2.68. The molecule has 0 aliphatic carbocycles. The minimum atomic E-state index is 0.649. The van der Waals surface area contributed by atoms with Gasteiger partial charge in [0.1, 0.15) is 11.5 Å². The zero-order valence-electron chi connectivity index (χ0n) is 6.90. The van der Waals surface area contributed by atoms with Crippen LogP contribution in [0.3, 0.4) is 0 Å². The zero-order valence-corrected chi connectivity index (χ0v) is 8.54. The summed E-state index contributed by atoms with van der Waals surface area (Å²) in [5, 5.41) is 11.3. The van der Waals surface area contributed by atoms with Gasteiger partial charge < -0.3 is 4.52 Å². The second-order valence-corrected chi connectivity index (χ2v) is 4.12. The van der Waals surface area contributed by atoms with Crippen molar-refractivity contribution in [3.8, 4) is 10.7 Å². The number of rotatable bonds is 2. The lowest BCUT2D eigenvalue weighted by atomic mass is 10.3. The van der Waals surface area contributed by atoms with Crippen molar-refractivity contribution in [2.24, 2.45) is 0 Å². The Morgan fingerprint density at radius 2 is 2.54 bits per heavy atom. The molecule has 13 heavy (non-hydrogen) atoms. The van der Waals surface area contributed by atoms with E-state index in [0.717, 1.165) is 22.9 Å². The van der Waals surface area contributed by atoms with Crippen LogP contribution in [0.5, 0.6) is 0 Å². The van der Waals surface area contributed by atoms with Gasteiger partial charge in [-0.05, 0) is 12.2 Å². The number of aryl methyl sites for hydroxylation is 1. The largest absolute Gasteiger partial charge is 0.361 e. The van der Waals surface area contributed by atoms with Crippen LogP contribution in [-0.2, 0) is 6.42 Å². The molecular weight excluding hydrogens is 206 g/mol. The normalized spacial score (nSPS) is 10.5. The number of nitrogens with zero attached hydrogens (tertiary/aromatic N) is 2. The lowest BCUT2D eigenvalue weighted by Gasteiger charge is -1.79. The molecule has 0 amide bonds. The van der Waals surface area contributed by atoms with E-state index in [9.17, 15) is 0 Å². The zero-order chi connectivity index (χ0) is 9.26. The van der Waals surface area contributed by atoms with Gasteiger partial charge in [-0.3, -0.25) is 5.10 Å². The maximum Gasteiger partial charge on any atom is 0.176 e. The van der Waals surface area contributed by atoms with Gasteiger partial charge >= 0.3 is 0 Å². The van der Waals surface area contributed by atoms with Crippen molar-refractivity contribution in [1.29, 1.82) is 0 Å². The summed E-state index contributed by atoms with van der Waals surface area (Å²) in [6.45, 7) is 2.01. The van der Waals surface area contributed by atoms with E-state index in [0.29, 0.717) is 3.95 Å². The molecule has 0 spiro atoms. The van der Waals surface area contributed by atoms with Gasteiger partial charge in [0.2, 0.25) is 0 Å². The molecular formula is C7H7N3OS2. The number of aromatic nitrogens is 3. The van der Waals surface area contributed by atoms with Crippen molar-refractivity contribution in [2.75, 3.05) is 0 Å². The smallest absolute Gasteiger partial charge is 0.176 e. The molecule has 6 heteroatoms. The van der Waals surface area contributed by atoms with Crippen LogP contribution in [-0.4, -0.2) is 15.4 Å². The van der Waals surface area contributed by atoms with Gasteiger partial charge in [0, 0.05) is 12.5 Å². The summed E-state index contributed by atoms with van der Waals surface area (Å²) in [5.41, 5.74) is 0.745. The number of hydrogen-bond acceptors (Lipinski definition) is 5. The molecule has 0 unspecified atom stereocenters. The Labute approximate surface area is 83.6 Å². The summed E-state index contributed by atoms with van der Waals surface area (Å²) in [6.07, 6.45) is 0.836. The summed E-state index contributed by atoms with van der Waals surface area (Å²) < 4.78 is 5.70. The maximum absolute atomic E-state index is 5.05. The quantitative estimate of drug-likeness (QED) is 0.778. The van der Waals surface area contributed by atoms with E-state index in [2.05, 4.69) is 15.4 Å². The Morgan fingerprint density at radius 1 is 1.69 bits per heavy atom. The van der Waals surface area contributed by atoms with Crippen LogP contribution in [0.4, 0.5) is 0 Å². The van der Waals surface area contributed by atoms with E-state index in [4.69, 9.17) is 16.7 Å². The monoisotopic (exact) mass is 213 g/mol. The predicted molar refractivity (Wildman–Crippen MR) is 52.2 cm³/mol. The lowest BCUT2D eigenvalue weighted by molar-refractivity contribution is 0.389. The van der Waals surface area contributed by atoms with E-state index < -0.39 is 0 Å². The van der Waals surface area contributed by atoms with Gasteiger partial charge in [-0.15, -0.1) is 0 Å². The molecule has 68 valence electrons. The van der Waals surface area contributed by atoms with E-state index in [1.807, 2.05) is 13.0 Å². The van der Waals surface area contributed by atoms with Crippen molar-refractivity contribution >= 4 is 23.6 Å². The molecule has 1 N–H and O–H groups in total. The van der Waals surface area contributed by atoms with Crippen LogP contribution in [0.2, 0.25) is 0 Å². The highest BCUT2D eigenvalue weighted by atomic mass is 32.1. The SMILES string of the molecule is CCc1cc(-c2n[nH]c(=S)s2)no1. The van der Waals surface area contributed by atoms with Gasteiger partial charge in [0.05, 0.1) is 0 Å². The first-order valence-corrected chi connectivity index (χ1v) is 5.03. The minimum Gasteiger partial charge on any atom is -0.361 e. The Kier molecular flexibility index (Phi) is 2.24. The van der Waals surface area contributed by atoms with Gasteiger partial charge in [-0.1, -0.05) is 23.4 Å². The third-order valence-electron chi connectivity index (χ3n) is 1.56. The van der Waals surface area contributed by atoms with E-state index in [-0.39, 0.29) is 0 Å². The van der Waals surface area contributed by atoms with Crippen molar-refractivity contribution in [1.82, 2.24) is 15.4 Å². The fourth-order valence-corrected chi connectivity index (χ4v) is 1.76. The number of H-pyrrole nitrogens is 1. The first-order chi connectivity index (χ1) is 6.29. The maximum atomic E-state index is 5.05. The fourth-order valence-electron chi connectivity index (χ4n) is 0.920. The molecule has 0 aliphatic rings. The van der Waals surface area contributed by atoms with E-state index in [1.165, 1.54) is 11.3 Å². The van der Waals surface area contributed by atoms with Crippen molar-refractivity contribution < 1.29 is 4.52 Å². The summed E-state index contributed by atoms with van der Waals surface area (Å²) in [7, 11) is 0. The molecule has 0 saturated carbocycles. The van der Waals surface area contributed by atoms with Crippen LogP contribution in [0.25, 0.3) is 10.7 Å². The molecule has 4 nitrogen and oxygen atoms in total. The molecule has 0 saturated heterocycles. The average molecular weight is 213 g/mol. The van der Waals surface area contributed by atoms with Crippen LogP contribution in [0.15, 0.2) is 10.6 Å². The molecule has 0 atom stereocenters. The Bertz CT molecular complexity index is 456. The molecule has 0 aromatic carbocycles. The molecule has 0 fully saturated rings. The van der Waals surface area contributed by atoms with Crippen molar-refractivity contribution in [3.05, 3.63) is 15.8 Å². The molecule has 2 rings (SSSR count). The van der Waals surface area contributed by atoms with Gasteiger partial charge in [0.15, 0.2) is 8.96 Å². The predicted octanol–water partition coefficient (Wildman–Crippen LogP) is 2.42. The summed E-state index contributed by atoms with van der Waals surface area (Å²) in [4.78, 5) is 0. The van der Waals surface area contributed by atoms with Gasteiger partial charge in [0.25, 0.3) is 0 Å². The van der Waals surface area contributed by atoms with Crippen LogP contribution >= 0.6 is 23.6 Å². The summed E-state index contributed by atoms with van der Waals surface area (Å²) in [5.74, 6) is 0.858. The van der Waals surface area contributed by atoms with Crippen molar-refractivity contribution in [3.63, 3.8) is 0 Å². The molecule has 0 radical (unpaired) electrons. The number of nitrogens with one attached hydrogen (secondary N) is 1. The molecule has 0 bridgehead atoms. The molecule has 0 aliphatic heterocycles. The average Bonchev–Trinajstić information content (AvgIpc) is 2.71. The second kappa shape index (κ2) is 3.39. The summed E-state index contributed by atoms with van der Waals surface area (Å²) >= 11 is 6.30.